The van der Waals surface area contributed by atoms with E-state index in [1.807, 2.05) is 32.9 Å². The van der Waals surface area contributed by atoms with Gasteiger partial charge in [-0.1, -0.05) is 30.7 Å². The average Bonchev–Trinajstić information content (AvgIpc) is 2.15. The third kappa shape index (κ3) is 2.99. The lowest BCUT2D eigenvalue weighted by molar-refractivity contribution is -0.139. The van der Waals surface area contributed by atoms with E-state index < -0.39 is 16.9 Å². The summed E-state index contributed by atoms with van der Waals surface area (Å²) in [5.41, 5.74) is 5.75. The van der Waals surface area contributed by atoms with Gasteiger partial charge in [-0.05, 0) is 31.5 Å². The number of rotatable bonds is 4. The lowest BCUT2D eigenvalue weighted by Crippen LogP contribution is -2.53. The summed E-state index contributed by atoms with van der Waals surface area (Å²) in [6.07, 6.45) is -0.0157. The van der Waals surface area contributed by atoms with Gasteiger partial charge < -0.3 is 10.8 Å². The topological polar surface area (TPSA) is 63.3 Å². The van der Waals surface area contributed by atoms with Crippen molar-refractivity contribution in [3.8, 4) is 0 Å². The molecule has 1 aromatic rings. The van der Waals surface area contributed by atoms with Crippen LogP contribution in [-0.2, 0) is 10.2 Å². The summed E-state index contributed by atoms with van der Waals surface area (Å²) in [5, 5.41) is 9.67. The van der Waals surface area contributed by atoms with E-state index in [0.717, 1.165) is 5.56 Å². The van der Waals surface area contributed by atoms with Crippen LogP contribution in [0.1, 0.15) is 32.8 Å². The molecule has 0 aliphatic rings. The van der Waals surface area contributed by atoms with Crippen LogP contribution in [0.3, 0.4) is 0 Å². The van der Waals surface area contributed by atoms with Crippen molar-refractivity contribution in [2.45, 2.75) is 38.1 Å². The first kappa shape index (κ1) is 14.0. The number of carboxylic acid groups (broad SMARTS) is 1. The molecule has 0 aliphatic heterocycles. The van der Waals surface area contributed by atoms with Crippen LogP contribution in [0.15, 0.2) is 24.3 Å². The number of carboxylic acids is 1. The third-order valence-corrected chi connectivity index (χ3v) is 3.66. The number of carbonyl (C=O) groups is 1. The Labute approximate surface area is 107 Å². The van der Waals surface area contributed by atoms with Crippen LogP contribution < -0.4 is 5.73 Å². The first-order chi connectivity index (χ1) is 7.67. The van der Waals surface area contributed by atoms with Gasteiger partial charge >= 0.3 is 5.97 Å². The summed E-state index contributed by atoms with van der Waals surface area (Å²) >= 11 is 5.83. The number of hydrogen-bond donors (Lipinski definition) is 2. The molecule has 0 heterocycles. The first-order valence-electron chi connectivity index (χ1n) is 5.43. The summed E-state index contributed by atoms with van der Waals surface area (Å²) in [6, 6.07) is 7.17. The second kappa shape index (κ2) is 4.67. The van der Waals surface area contributed by atoms with Crippen molar-refractivity contribution in [1.29, 1.82) is 0 Å². The Kier molecular flexibility index (Phi) is 3.84. The van der Waals surface area contributed by atoms with Gasteiger partial charge in [0.1, 0.15) is 0 Å². The Morgan fingerprint density at radius 3 is 2.12 bits per heavy atom. The highest BCUT2D eigenvalue weighted by molar-refractivity contribution is 6.30. The number of hydrogen-bond acceptors (Lipinski definition) is 2. The van der Waals surface area contributed by atoms with Crippen molar-refractivity contribution in [3.63, 3.8) is 0 Å². The molecule has 0 saturated heterocycles. The van der Waals surface area contributed by atoms with Crippen molar-refractivity contribution >= 4 is 17.6 Å². The molecule has 0 amide bonds. The van der Waals surface area contributed by atoms with E-state index in [1.54, 1.807) is 12.1 Å². The number of nitrogens with two attached hydrogens (primary N) is 1. The van der Waals surface area contributed by atoms with Crippen molar-refractivity contribution < 1.29 is 9.90 Å². The smallest absolute Gasteiger partial charge is 0.304 e. The van der Waals surface area contributed by atoms with E-state index in [1.165, 1.54) is 0 Å². The maximum absolute atomic E-state index is 11.0. The van der Waals surface area contributed by atoms with Crippen LogP contribution in [0.4, 0.5) is 0 Å². The van der Waals surface area contributed by atoms with Crippen LogP contribution in [0.5, 0.6) is 0 Å². The highest BCUT2D eigenvalue weighted by atomic mass is 35.5. The zero-order valence-corrected chi connectivity index (χ0v) is 11.1. The molecule has 0 radical (unpaired) electrons. The molecular formula is C13H18ClNO2. The minimum absolute atomic E-state index is 0.0157. The highest BCUT2D eigenvalue weighted by Gasteiger charge is 2.41. The zero-order chi connectivity index (χ0) is 13.3. The van der Waals surface area contributed by atoms with Gasteiger partial charge in [-0.25, -0.2) is 0 Å². The lowest BCUT2D eigenvalue weighted by atomic mass is 9.66. The van der Waals surface area contributed by atoms with Gasteiger partial charge in [-0.2, -0.15) is 0 Å². The van der Waals surface area contributed by atoms with Gasteiger partial charge in [-0.15, -0.1) is 0 Å². The second-order valence-electron chi connectivity index (χ2n) is 5.13. The van der Waals surface area contributed by atoms with Gasteiger partial charge in [-0.3, -0.25) is 4.79 Å². The van der Waals surface area contributed by atoms with E-state index in [0.29, 0.717) is 5.02 Å². The van der Waals surface area contributed by atoms with Gasteiger partial charge in [0, 0.05) is 16.0 Å². The Morgan fingerprint density at radius 2 is 1.76 bits per heavy atom. The monoisotopic (exact) mass is 255 g/mol. The van der Waals surface area contributed by atoms with Crippen molar-refractivity contribution in [1.82, 2.24) is 0 Å². The van der Waals surface area contributed by atoms with Crippen molar-refractivity contribution in [2.24, 2.45) is 5.73 Å². The van der Waals surface area contributed by atoms with Crippen molar-refractivity contribution in [3.05, 3.63) is 34.9 Å². The minimum Gasteiger partial charge on any atom is -0.481 e. The van der Waals surface area contributed by atoms with E-state index in [4.69, 9.17) is 22.4 Å². The van der Waals surface area contributed by atoms with Crippen molar-refractivity contribution in [2.75, 3.05) is 0 Å². The molecule has 0 spiro atoms. The predicted octanol–water partition coefficient (Wildman–Crippen LogP) is 2.81. The Hall–Kier alpha value is -1.06. The van der Waals surface area contributed by atoms with Gasteiger partial charge in [0.05, 0.1) is 6.42 Å². The van der Waals surface area contributed by atoms with Gasteiger partial charge in [0.15, 0.2) is 0 Å². The molecule has 0 bridgehead atoms. The molecule has 1 rings (SSSR count). The van der Waals surface area contributed by atoms with E-state index in [-0.39, 0.29) is 6.42 Å². The molecule has 4 heteroatoms. The molecule has 0 aromatic heterocycles. The van der Waals surface area contributed by atoms with Crippen LogP contribution >= 0.6 is 11.6 Å². The molecular weight excluding hydrogens is 238 g/mol. The highest BCUT2D eigenvalue weighted by Crippen LogP contribution is 2.37. The summed E-state index contributed by atoms with van der Waals surface area (Å²) in [6.45, 7) is 5.54. The SMILES string of the molecule is CC(C)(N)C(C)(CC(=O)O)c1ccc(Cl)cc1. The lowest BCUT2D eigenvalue weighted by Gasteiger charge is -2.41. The molecule has 0 fully saturated rings. The molecule has 0 aliphatic carbocycles. The standard InChI is InChI=1S/C13H18ClNO2/c1-12(2,15)13(3,8-11(16)17)9-4-6-10(14)7-5-9/h4-7H,8,15H2,1-3H3,(H,16,17). The number of aliphatic carboxylic acids is 1. The fourth-order valence-electron chi connectivity index (χ4n) is 1.82. The maximum atomic E-state index is 11.0. The third-order valence-electron chi connectivity index (χ3n) is 3.41. The van der Waals surface area contributed by atoms with Crippen LogP contribution in [0.25, 0.3) is 0 Å². The minimum atomic E-state index is -0.860. The molecule has 17 heavy (non-hydrogen) atoms. The van der Waals surface area contributed by atoms with Crippen LogP contribution in [0, 0.1) is 0 Å². The fraction of sp³-hybridized carbons (Fsp3) is 0.462. The Bertz CT molecular complexity index is 408. The maximum Gasteiger partial charge on any atom is 0.304 e. The van der Waals surface area contributed by atoms with Gasteiger partial charge in [0.25, 0.3) is 0 Å². The molecule has 3 nitrogen and oxygen atoms in total. The molecule has 0 saturated carbocycles. The average molecular weight is 256 g/mol. The Morgan fingerprint density at radius 1 is 1.29 bits per heavy atom. The number of benzene rings is 1. The largest absolute Gasteiger partial charge is 0.481 e. The second-order valence-corrected chi connectivity index (χ2v) is 5.57. The van der Waals surface area contributed by atoms with E-state index >= 15 is 0 Å². The summed E-state index contributed by atoms with van der Waals surface area (Å²) < 4.78 is 0. The summed E-state index contributed by atoms with van der Waals surface area (Å²) in [5.74, 6) is -0.860. The summed E-state index contributed by atoms with van der Waals surface area (Å²) in [4.78, 5) is 11.0. The molecule has 1 atom stereocenters. The quantitative estimate of drug-likeness (QED) is 0.870. The number of halogens is 1. The predicted molar refractivity (Wildman–Crippen MR) is 69.3 cm³/mol. The first-order valence-corrected chi connectivity index (χ1v) is 5.81. The van der Waals surface area contributed by atoms with E-state index in [2.05, 4.69) is 0 Å². The summed E-state index contributed by atoms with van der Waals surface area (Å²) in [7, 11) is 0. The molecule has 94 valence electrons. The zero-order valence-electron chi connectivity index (χ0n) is 10.3. The molecule has 1 aromatic carbocycles. The van der Waals surface area contributed by atoms with Gasteiger partial charge in [0.2, 0.25) is 0 Å². The Balaban J connectivity index is 3.24. The molecule has 3 N–H and O–H groups in total. The normalized spacial score (nSPS) is 15.4. The van der Waals surface area contributed by atoms with Crippen LogP contribution in [0.2, 0.25) is 5.02 Å². The fourth-order valence-corrected chi connectivity index (χ4v) is 1.95. The molecule has 1 unspecified atom stereocenters. The van der Waals surface area contributed by atoms with E-state index in [9.17, 15) is 4.79 Å². The van der Waals surface area contributed by atoms with Crippen LogP contribution in [-0.4, -0.2) is 16.6 Å².